The maximum absolute atomic E-state index is 13.0. The van der Waals surface area contributed by atoms with Crippen LogP contribution in [0.25, 0.3) is 0 Å². The second kappa shape index (κ2) is 9.39. The first-order chi connectivity index (χ1) is 12.8. The van der Waals surface area contributed by atoms with Crippen molar-refractivity contribution >= 4 is 5.96 Å². The summed E-state index contributed by atoms with van der Waals surface area (Å²) in [6.07, 6.45) is 1.96. The van der Waals surface area contributed by atoms with E-state index in [2.05, 4.69) is 40.4 Å². The quantitative estimate of drug-likeness (QED) is 0.597. The Kier molecular flexibility index (Phi) is 7.21. The normalized spacial score (nSPS) is 13.0. The third-order valence-corrected chi connectivity index (χ3v) is 4.16. The summed E-state index contributed by atoms with van der Waals surface area (Å²) in [7, 11) is 5.70. The van der Waals surface area contributed by atoms with E-state index in [1.807, 2.05) is 25.7 Å². The largest absolute Gasteiger partial charge is 0.489 e. The number of nitrogens with one attached hydrogen (secondary N) is 1. The molecule has 6 nitrogen and oxygen atoms in total. The standard InChI is InChI=1S/C20H30FN5O/c1-14(2)19-16(13-26(6)24-19)12-25(5)20(22-4)23-11-15(3)27-18-9-7-17(21)8-10-18/h7-10,13-15H,11-12H2,1-6H3,(H,22,23). The molecule has 0 saturated carbocycles. The second-order valence-corrected chi connectivity index (χ2v) is 7.03. The first kappa shape index (κ1) is 20.7. The van der Waals surface area contributed by atoms with E-state index >= 15 is 0 Å². The molecule has 0 amide bonds. The Labute approximate surface area is 161 Å². The Hall–Kier alpha value is -2.57. The van der Waals surface area contributed by atoms with Crippen molar-refractivity contribution in [3.63, 3.8) is 0 Å². The monoisotopic (exact) mass is 375 g/mol. The van der Waals surface area contributed by atoms with Gasteiger partial charge in [-0.15, -0.1) is 0 Å². The molecular formula is C20H30FN5O. The minimum absolute atomic E-state index is 0.0924. The first-order valence-electron chi connectivity index (χ1n) is 9.16. The van der Waals surface area contributed by atoms with E-state index in [-0.39, 0.29) is 11.9 Å². The van der Waals surface area contributed by atoms with Crippen LogP contribution in [0, 0.1) is 5.82 Å². The number of hydrogen-bond acceptors (Lipinski definition) is 3. The average molecular weight is 375 g/mol. The van der Waals surface area contributed by atoms with Gasteiger partial charge in [0, 0.05) is 39.4 Å². The number of aliphatic imine (C=N–C) groups is 1. The van der Waals surface area contributed by atoms with Crippen molar-refractivity contribution in [3.8, 4) is 5.75 Å². The molecule has 0 aliphatic rings. The number of nitrogens with zero attached hydrogens (tertiary/aromatic N) is 4. The van der Waals surface area contributed by atoms with Crippen LogP contribution in [0.5, 0.6) is 5.75 Å². The highest BCUT2D eigenvalue weighted by atomic mass is 19.1. The van der Waals surface area contributed by atoms with Crippen LogP contribution in [0.1, 0.15) is 37.9 Å². The van der Waals surface area contributed by atoms with E-state index in [0.29, 0.717) is 24.8 Å². The molecule has 0 saturated heterocycles. The van der Waals surface area contributed by atoms with Gasteiger partial charge in [0.25, 0.3) is 0 Å². The number of guanidine groups is 1. The van der Waals surface area contributed by atoms with Crippen molar-refractivity contribution in [1.82, 2.24) is 20.0 Å². The average Bonchev–Trinajstić information content (AvgIpc) is 2.98. The van der Waals surface area contributed by atoms with Gasteiger partial charge in [-0.25, -0.2) is 4.39 Å². The molecule has 0 aliphatic heterocycles. The fourth-order valence-corrected chi connectivity index (χ4v) is 2.90. The van der Waals surface area contributed by atoms with E-state index in [9.17, 15) is 4.39 Å². The summed E-state index contributed by atoms with van der Waals surface area (Å²) >= 11 is 0. The van der Waals surface area contributed by atoms with Gasteiger partial charge in [0.15, 0.2) is 5.96 Å². The Morgan fingerprint density at radius 1 is 1.30 bits per heavy atom. The minimum Gasteiger partial charge on any atom is -0.489 e. The van der Waals surface area contributed by atoms with Crippen molar-refractivity contribution < 1.29 is 9.13 Å². The van der Waals surface area contributed by atoms with Gasteiger partial charge in [0.05, 0.1) is 12.2 Å². The molecular weight excluding hydrogens is 345 g/mol. The Morgan fingerprint density at radius 3 is 2.56 bits per heavy atom. The molecule has 0 radical (unpaired) electrons. The number of hydrogen-bond donors (Lipinski definition) is 1. The lowest BCUT2D eigenvalue weighted by atomic mass is 10.1. The summed E-state index contributed by atoms with van der Waals surface area (Å²) in [5, 5.41) is 7.88. The van der Waals surface area contributed by atoms with Crippen molar-refractivity contribution in [2.75, 3.05) is 20.6 Å². The van der Waals surface area contributed by atoms with Crippen LogP contribution >= 0.6 is 0 Å². The number of aryl methyl sites for hydroxylation is 1. The van der Waals surface area contributed by atoms with Crippen LogP contribution in [0.4, 0.5) is 4.39 Å². The molecule has 1 N–H and O–H groups in total. The maximum Gasteiger partial charge on any atom is 0.193 e. The van der Waals surface area contributed by atoms with Gasteiger partial charge < -0.3 is 15.0 Å². The van der Waals surface area contributed by atoms with E-state index in [0.717, 1.165) is 11.7 Å². The smallest absolute Gasteiger partial charge is 0.193 e. The topological polar surface area (TPSA) is 54.7 Å². The predicted molar refractivity (Wildman–Crippen MR) is 107 cm³/mol. The third-order valence-electron chi connectivity index (χ3n) is 4.16. The zero-order valence-corrected chi connectivity index (χ0v) is 17.0. The molecule has 0 bridgehead atoms. The van der Waals surface area contributed by atoms with Crippen LogP contribution in [-0.2, 0) is 13.6 Å². The summed E-state index contributed by atoms with van der Waals surface area (Å²) < 4.78 is 20.6. The fourth-order valence-electron chi connectivity index (χ4n) is 2.90. The summed E-state index contributed by atoms with van der Waals surface area (Å²) in [6.45, 7) is 7.55. The molecule has 1 aromatic carbocycles. The molecule has 1 heterocycles. The number of aromatic nitrogens is 2. The molecule has 2 aromatic rings. The van der Waals surface area contributed by atoms with Crippen LogP contribution < -0.4 is 10.1 Å². The van der Waals surface area contributed by atoms with Crippen molar-refractivity contribution in [3.05, 3.63) is 47.5 Å². The van der Waals surface area contributed by atoms with Gasteiger partial charge in [-0.05, 0) is 37.1 Å². The lowest BCUT2D eigenvalue weighted by Crippen LogP contribution is -2.42. The summed E-state index contributed by atoms with van der Waals surface area (Å²) in [4.78, 5) is 6.42. The molecule has 1 unspecified atom stereocenters. The van der Waals surface area contributed by atoms with Crippen molar-refractivity contribution in [2.24, 2.45) is 12.0 Å². The van der Waals surface area contributed by atoms with E-state index in [1.54, 1.807) is 19.2 Å². The van der Waals surface area contributed by atoms with Crippen LogP contribution in [-0.4, -0.2) is 47.4 Å². The summed E-state index contributed by atoms with van der Waals surface area (Å²) in [5.74, 6) is 1.52. The van der Waals surface area contributed by atoms with Crippen LogP contribution in [0.2, 0.25) is 0 Å². The zero-order chi connectivity index (χ0) is 20.0. The lowest BCUT2D eigenvalue weighted by Gasteiger charge is -2.24. The number of rotatable bonds is 7. The van der Waals surface area contributed by atoms with Crippen LogP contribution in [0.15, 0.2) is 35.5 Å². The third kappa shape index (κ3) is 5.98. The molecule has 1 aromatic heterocycles. The van der Waals surface area contributed by atoms with Gasteiger partial charge >= 0.3 is 0 Å². The zero-order valence-electron chi connectivity index (χ0n) is 17.0. The number of ether oxygens (including phenoxy) is 1. The number of halogens is 1. The van der Waals surface area contributed by atoms with Crippen molar-refractivity contribution in [1.29, 1.82) is 0 Å². The number of benzene rings is 1. The Bertz CT molecular complexity index is 754. The molecule has 27 heavy (non-hydrogen) atoms. The van der Waals surface area contributed by atoms with Crippen LogP contribution in [0.3, 0.4) is 0 Å². The first-order valence-corrected chi connectivity index (χ1v) is 9.16. The van der Waals surface area contributed by atoms with Crippen molar-refractivity contribution in [2.45, 2.75) is 39.3 Å². The molecule has 7 heteroatoms. The molecule has 2 rings (SSSR count). The minimum atomic E-state index is -0.272. The van der Waals surface area contributed by atoms with E-state index in [1.165, 1.54) is 17.7 Å². The summed E-state index contributed by atoms with van der Waals surface area (Å²) in [6, 6.07) is 6.04. The van der Waals surface area contributed by atoms with Gasteiger partial charge in [-0.3, -0.25) is 9.67 Å². The molecule has 148 valence electrons. The Balaban J connectivity index is 1.91. The SMILES string of the molecule is CN=C(NCC(C)Oc1ccc(F)cc1)N(C)Cc1cn(C)nc1C(C)C. The summed E-state index contributed by atoms with van der Waals surface area (Å²) in [5.41, 5.74) is 2.29. The molecule has 0 aliphatic carbocycles. The molecule has 0 fully saturated rings. The van der Waals surface area contributed by atoms with Gasteiger partial charge in [-0.2, -0.15) is 5.10 Å². The highest BCUT2D eigenvalue weighted by molar-refractivity contribution is 5.79. The molecule has 0 spiro atoms. The lowest BCUT2D eigenvalue weighted by molar-refractivity contribution is 0.222. The van der Waals surface area contributed by atoms with Gasteiger partial charge in [0.2, 0.25) is 0 Å². The van der Waals surface area contributed by atoms with Gasteiger partial charge in [0.1, 0.15) is 17.7 Å². The predicted octanol–water partition coefficient (Wildman–Crippen LogP) is 3.16. The highest BCUT2D eigenvalue weighted by Gasteiger charge is 2.15. The van der Waals surface area contributed by atoms with E-state index < -0.39 is 0 Å². The Morgan fingerprint density at radius 2 is 1.96 bits per heavy atom. The fraction of sp³-hybridized carbons (Fsp3) is 0.500. The van der Waals surface area contributed by atoms with E-state index in [4.69, 9.17) is 4.74 Å². The van der Waals surface area contributed by atoms with Gasteiger partial charge in [-0.1, -0.05) is 13.8 Å². The maximum atomic E-state index is 13.0. The molecule has 1 atom stereocenters. The highest BCUT2D eigenvalue weighted by Crippen LogP contribution is 2.18. The second-order valence-electron chi connectivity index (χ2n) is 7.03.